The number of H-pyrrole nitrogens is 1. The molecule has 2 N–H and O–H groups in total. The van der Waals surface area contributed by atoms with Crippen molar-refractivity contribution >= 4 is 16.9 Å². The van der Waals surface area contributed by atoms with Crippen molar-refractivity contribution in [3.8, 4) is 5.75 Å². The van der Waals surface area contributed by atoms with Gasteiger partial charge in [0.15, 0.2) is 0 Å². The maximum atomic E-state index is 11.6. The van der Waals surface area contributed by atoms with Crippen LogP contribution in [0.4, 0.5) is 0 Å². The molecule has 19 heavy (non-hydrogen) atoms. The molecule has 5 nitrogen and oxygen atoms in total. The van der Waals surface area contributed by atoms with E-state index in [-0.39, 0.29) is 12.0 Å². The van der Waals surface area contributed by atoms with E-state index in [0.29, 0.717) is 13.0 Å². The zero-order valence-corrected chi connectivity index (χ0v) is 10.9. The van der Waals surface area contributed by atoms with Crippen molar-refractivity contribution in [1.29, 1.82) is 0 Å². The van der Waals surface area contributed by atoms with E-state index in [1.807, 2.05) is 18.2 Å². The van der Waals surface area contributed by atoms with E-state index in [1.165, 1.54) is 12.7 Å². The van der Waals surface area contributed by atoms with Gasteiger partial charge in [-0.05, 0) is 17.7 Å². The van der Waals surface area contributed by atoms with E-state index in [0.717, 1.165) is 22.3 Å². The van der Waals surface area contributed by atoms with Gasteiger partial charge in [0.25, 0.3) is 0 Å². The monoisotopic (exact) mass is 260 g/mol. The minimum atomic E-state index is -0.265. The number of aromatic nitrogens is 1. The summed E-state index contributed by atoms with van der Waals surface area (Å²) >= 11 is 0. The van der Waals surface area contributed by atoms with Crippen LogP contribution in [0.5, 0.6) is 5.75 Å². The smallest absolute Gasteiger partial charge is 0.323 e. The Kier molecular flexibility index (Phi) is 2.91. The molecular formula is C14H16N2O3. The summed E-state index contributed by atoms with van der Waals surface area (Å²) in [6.45, 7) is 0.645. The largest absolute Gasteiger partial charge is 0.497 e. The summed E-state index contributed by atoms with van der Waals surface area (Å²) in [7, 11) is 3.07. The lowest BCUT2D eigenvalue weighted by atomic mass is 9.98. The Labute approximate surface area is 110 Å². The van der Waals surface area contributed by atoms with Gasteiger partial charge in [-0.25, -0.2) is 0 Å². The predicted molar refractivity (Wildman–Crippen MR) is 71.2 cm³/mol. The van der Waals surface area contributed by atoms with Gasteiger partial charge in [0, 0.05) is 35.6 Å². The van der Waals surface area contributed by atoms with Gasteiger partial charge in [0.05, 0.1) is 14.2 Å². The van der Waals surface area contributed by atoms with Crippen molar-refractivity contribution in [3.05, 3.63) is 29.5 Å². The van der Waals surface area contributed by atoms with E-state index in [4.69, 9.17) is 9.47 Å². The Bertz CT molecular complexity index is 633. The third-order valence-corrected chi connectivity index (χ3v) is 3.62. The van der Waals surface area contributed by atoms with Crippen molar-refractivity contribution in [1.82, 2.24) is 10.3 Å². The number of benzene rings is 1. The zero-order valence-electron chi connectivity index (χ0n) is 10.9. The number of rotatable bonds is 2. The second-order valence-corrected chi connectivity index (χ2v) is 4.65. The summed E-state index contributed by atoms with van der Waals surface area (Å²) in [5.74, 6) is 0.608. The van der Waals surface area contributed by atoms with E-state index in [9.17, 15) is 4.79 Å². The molecule has 2 aromatic rings. The predicted octanol–water partition coefficient (Wildman–Crippen LogP) is 1.36. The summed E-state index contributed by atoms with van der Waals surface area (Å²) in [4.78, 5) is 15.0. The summed E-state index contributed by atoms with van der Waals surface area (Å²) < 4.78 is 10.0. The van der Waals surface area contributed by atoms with Gasteiger partial charge in [0.2, 0.25) is 0 Å². The average molecular weight is 260 g/mol. The third-order valence-electron chi connectivity index (χ3n) is 3.62. The fraction of sp³-hybridized carbons (Fsp3) is 0.357. The molecule has 0 aliphatic carbocycles. The van der Waals surface area contributed by atoms with Crippen molar-refractivity contribution in [2.75, 3.05) is 14.2 Å². The molecule has 0 saturated carbocycles. The molecular weight excluding hydrogens is 244 g/mol. The third kappa shape index (κ3) is 1.96. The maximum Gasteiger partial charge on any atom is 0.323 e. The lowest BCUT2D eigenvalue weighted by molar-refractivity contribution is -0.143. The van der Waals surface area contributed by atoms with Gasteiger partial charge in [-0.3, -0.25) is 10.1 Å². The van der Waals surface area contributed by atoms with Crippen LogP contribution in [0.15, 0.2) is 18.2 Å². The van der Waals surface area contributed by atoms with Crippen LogP contribution in [0.3, 0.4) is 0 Å². The molecule has 0 radical (unpaired) electrons. The molecule has 0 fully saturated rings. The van der Waals surface area contributed by atoms with Crippen LogP contribution in [-0.4, -0.2) is 31.2 Å². The molecule has 1 aliphatic rings. The second-order valence-electron chi connectivity index (χ2n) is 4.65. The molecule has 5 heteroatoms. The zero-order chi connectivity index (χ0) is 13.4. The highest BCUT2D eigenvalue weighted by molar-refractivity contribution is 5.87. The first-order valence-electron chi connectivity index (χ1n) is 6.21. The molecule has 1 aromatic carbocycles. The maximum absolute atomic E-state index is 11.6. The Balaban J connectivity index is 2.01. The molecule has 0 saturated heterocycles. The van der Waals surface area contributed by atoms with Gasteiger partial charge in [-0.2, -0.15) is 0 Å². The minimum Gasteiger partial charge on any atom is -0.497 e. The lowest BCUT2D eigenvalue weighted by Crippen LogP contribution is -2.42. The van der Waals surface area contributed by atoms with Crippen LogP contribution < -0.4 is 10.1 Å². The number of carbonyl (C=O) groups excluding carboxylic acids is 1. The van der Waals surface area contributed by atoms with E-state index < -0.39 is 0 Å². The topological polar surface area (TPSA) is 63.4 Å². The normalized spacial score (nSPS) is 18.1. The first kappa shape index (κ1) is 12.0. The van der Waals surface area contributed by atoms with E-state index >= 15 is 0 Å². The SMILES string of the molecule is COC(=O)C1Cc2c([nH]c3cc(OC)ccc23)CN1. The number of ether oxygens (including phenoxy) is 2. The summed E-state index contributed by atoms with van der Waals surface area (Å²) in [5, 5.41) is 4.32. The highest BCUT2D eigenvalue weighted by Crippen LogP contribution is 2.29. The Morgan fingerprint density at radius 3 is 2.95 bits per heavy atom. The number of hydrogen-bond donors (Lipinski definition) is 2. The standard InChI is InChI=1S/C14H16N2O3/c1-18-8-3-4-9-10-6-12(14(17)19-2)15-7-13(10)16-11(9)5-8/h3-5,12,15-16H,6-7H2,1-2H3. The van der Waals surface area contributed by atoms with Crippen molar-refractivity contribution in [2.45, 2.75) is 19.0 Å². The average Bonchev–Trinajstić information content (AvgIpc) is 2.82. The van der Waals surface area contributed by atoms with Crippen LogP contribution in [0.2, 0.25) is 0 Å². The summed E-state index contributed by atoms with van der Waals surface area (Å²) in [5.41, 5.74) is 3.35. The van der Waals surface area contributed by atoms with Crippen molar-refractivity contribution < 1.29 is 14.3 Å². The molecule has 1 aromatic heterocycles. The number of methoxy groups -OCH3 is 2. The Morgan fingerprint density at radius 2 is 2.21 bits per heavy atom. The van der Waals surface area contributed by atoms with Crippen LogP contribution >= 0.6 is 0 Å². The molecule has 2 heterocycles. The lowest BCUT2D eigenvalue weighted by Gasteiger charge is -2.21. The molecule has 100 valence electrons. The van der Waals surface area contributed by atoms with Gasteiger partial charge in [-0.1, -0.05) is 0 Å². The Morgan fingerprint density at radius 1 is 1.37 bits per heavy atom. The summed E-state index contributed by atoms with van der Waals surface area (Å²) in [6.07, 6.45) is 0.647. The fourth-order valence-electron chi connectivity index (χ4n) is 2.61. The number of aromatic amines is 1. The van der Waals surface area contributed by atoms with Gasteiger partial charge in [-0.15, -0.1) is 0 Å². The van der Waals surface area contributed by atoms with Crippen molar-refractivity contribution in [3.63, 3.8) is 0 Å². The molecule has 1 atom stereocenters. The molecule has 0 amide bonds. The Hall–Kier alpha value is -2.01. The molecule has 0 bridgehead atoms. The van der Waals surface area contributed by atoms with Gasteiger partial charge < -0.3 is 14.5 Å². The molecule has 1 unspecified atom stereocenters. The first-order valence-corrected chi connectivity index (χ1v) is 6.21. The van der Waals surface area contributed by atoms with Crippen LogP contribution in [0, 0.1) is 0 Å². The van der Waals surface area contributed by atoms with Crippen LogP contribution in [0.25, 0.3) is 10.9 Å². The quantitative estimate of drug-likeness (QED) is 0.800. The fourth-order valence-corrected chi connectivity index (χ4v) is 2.61. The number of fused-ring (bicyclic) bond motifs is 3. The molecule has 3 rings (SSSR count). The van der Waals surface area contributed by atoms with E-state index in [1.54, 1.807) is 7.11 Å². The number of nitrogens with one attached hydrogen (secondary N) is 2. The number of esters is 1. The summed E-state index contributed by atoms with van der Waals surface area (Å²) in [6, 6.07) is 5.67. The van der Waals surface area contributed by atoms with E-state index in [2.05, 4.69) is 10.3 Å². The molecule has 0 spiro atoms. The van der Waals surface area contributed by atoms with Gasteiger partial charge in [0.1, 0.15) is 11.8 Å². The number of carbonyl (C=O) groups is 1. The van der Waals surface area contributed by atoms with Gasteiger partial charge >= 0.3 is 5.97 Å². The number of hydrogen-bond acceptors (Lipinski definition) is 4. The highest BCUT2D eigenvalue weighted by Gasteiger charge is 2.27. The first-order chi connectivity index (χ1) is 9.22. The van der Waals surface area contributed by atoms with Crippen LogP contribution in [0.1, 0.15) is 11.3 Å². The second kappa shape index (κ2) is 4.59. The minimum absolute atomic E-state index is 0.214. The molecule has 1 aliphatic heterocycles. The van der Waals surface area contributed by atoms with Crippen LogP contribution in [-0.2, 0) is 22.5 Å². The highest BCUT2D eigenvalue weighted by atomic mass is 16.5. The van der Waals surface area contributed by atoms with Crippen molar-refractivity contribution in [2.24, 2.45) is 0 Å².